The fourth-order valence-electron chi connectivity index (χ4n) is 1.67. The Hall–Kier alpha value is -0.120. The van der Waals surface area contributed by atoms with Gasteiger partial charge in [-0.05, 0) is 31.7 Å². The molecule has 2 N–H and O–H groups in total. The smallest absolute Gasteiger partial charge is 0.0590 e. The van der Waals surface area contributed by atoms with E-state index in [1.54, 1.807) is 0 Å². The van der Waals surface area contributed by atoms with Crippen LogP contribution in [0.2, 0.25) is 0 Å². The van der Waals surface area contributed by atoms with Crippen LogP contribution in [0, 0.1) is 5.92 Å². The number of ether oxygens (including phenoxy) is 1. The number of hydrogen-bond acceptors (Lipinski definition) is 3. The Morgan fingerprint density at radius 1 is 1.36 bits per heavy atom. The Morgan fingerprint density at radius 3 is 2.79 bits per heavy atom. The first kappa shape index (κ1) is 12.0. The quantitative estimate of drug-likeness (QED) is 0.579. The van der Waals surface area contributed by atoms with Gasteiger partial charge in [0, 0.05) is 13.2 Å². The van der Waals surface area contributed by atoms with E-state index in [1.165, 1.54) is 6.42 Å². The molecule has 0 saturated heterocycles. The summed E-state index contributed by atoms with van der Waals surface area (Å²) in [4.78, 5) is 0. The summed E-state index contributed by atoms with van der Waals surface area (Å²) in [6.45, 7) is 5.85. The first-order valence-electron chi connectivity index (χ1n) is 5.79. The molecule has 1 aliphatic rings. The molecule has 0 aliphatic heterocycles. The lowest BCUT2D eigenvalue weighted by molar-refractivity contribution is 0.0418. The van der Waals surface area contributed by atoms with Gasteiger partial charge in [0.2, 0.25) is 0 Å². The molecule has 0 radical (unpaired) electrons. The van der Waals surface area contributed by atoms with Gasteiger partial charge in [0.25, 0.3) is 0 Å². The number of hydrogen-bond donors (Lipinski definition) is 2. The van der Waals surface area contributed by atoms with Crippen molar-refractivity contribution in [3.63, 3.8) is 0 Å². The van der Waals surface area contributed by atoms with Crippen LogP contribution in [0.4, 0.5) is 0 Å². The van der Waals surface area contributed by atoms with Crippen LogP contribution in [0.15, 0.2) is 0 Å². The molecule has 0 bridgehead atoms. The minimum absolute atomic E-state index is 0.0254. The first-order valence-corrected chi connectivity index (χ1v) is 5.79. The SMILES string of the molecule is CCCCOCCNCC1CC(O)C1. The normalized spacial score (nSPS) is 26.1. The van der Waals surface area contributed by atoms with Crippen molar-refractivity contribution < 1.29 is 9.84 Å². The van der Waals surface area contributed by atoms with Gasteiger partial charge in [-0.3, -0.25) is 0 Å². The van der Waals surface area contributed by atoms with E-state index in [2.05, 4.69) is 12.2 Å². The highest BCUT2D eigenvalue weighted by molar-refractivity contribution is 4.79. The Labute approximate surface area is 86.8 Å². The van der Waals surface area contributed by atoms with Crippen LogP contribution < -0.4 is 5.32 Å². The zero-order chi connectivity index (χ0) is 10.2. The van der Waals surface area contributed by atoms with Gasteiger partial charge >= 0.3 is 0 Å². The molecule has 0 spiro atoms. The summed E-state index contributed by atoms with van der Waals surface area (Å²) in [5.41, 5.74) is 0. The van der Waals surface area contributed by atoms with E-state index in [0.717, 1.165) is 45.6 Å². The largest absolute Gasteiger partial charge is 0.393 e. The van der Waals surface area contributed by atoms with Crippen molar-refractivity contribution in [3.05, 3.63) is 0 Å². The average Bonchev–Trinajstić information content (AvgIpc) is 2.13. The third kappa shape index (κ3) is 4.94. The van der Waals surface area contributed by atoms with E-state index in [-0.39, 0.29) is 6.10 Å². The van der Waals surface area contributed by atoms with Gasteiger partial charge < -0.3 is 15.2 Å². The van der Waals surface area contributed by atoms with Crippen molar-refractivity contribution in [2.24, 2.45) is 5.92 Å². The van der Waals surface area contributed by atoms with Crippen LogP contribution in [0.25, 0.3) is 0 Å². The standard InChI is InChI=1S/C11H23NO2/c1-2-3-5-14-6-4-12-9-10-7-11(13)8-10/h10-13H,2-9H2,1H3. The zero-order valence-corrected chi connectivity index (χ0v) is 9.17. The molecule has 1 rings (SSSR count). The predicted octanol–water partition coefficient (Wildman–Crippen LogP) is 1.16. The highest BCUT2D eigenvalue weighted by Gasteiger charge is 2.26. The molecule has 1 saturated carbocycles. The van der Waals surface area contributed by atoms with E-state index in [9.17, 15) is 0 Å². The summed E-state index contributed by atoms with van der Waals surface area (Å²) in [5.74, 6) is 0.695. The summed E-state index contributed by atoms with van der Waals surface area (Å²) < 4.78 is 5.42. The van der Waals surface area contributed by atoms with Crippen molar-refractivity contribution in [2.75, 3.05) is 26.3 Å². The summed E-state index contributed by atoms with van der Waals surface area (Å²) in [6.07, 6.45) is 4.29. The third-order valence-corrected chi connectivity index (χ3v) is 2.71. The molecule has 0 aromatic heterocycles. The summed E-state index contributed by atoms with van der Waals surface area (Å²) in [6, 6.07) is 0. The highest BCUT2D eigenvalue weighted by Crippen LogP contribution is 2.25. The second kappa shape index (κ2) is 7.21. The van der Waals surface area contributed by atoms with E-state index < -0.39 is 0 Å². The molecule has 14 heavy (non-hydrogen) atoms. The molecule has 0 atom stereocenters. The van der Waals surface area contributed by atoms with Gasteiger partial charge in [-0.15, -0.1) is 0 Å². The van der Waals surface area contributed by atoms with Crippen LogP contribution in [-0.2, 0) is 4.74 Å². The summed E-state index contributed by atoms with van der Waals surface area (Å²) in [5, 5.41) is 12.4. The van der Waals surface area contributed by atoms with Gasteiger partial charge in [0.05, 0.1) is 12.7 Å². The fourth-order valence-corrected chi connectivity index (χ4v) is 1.67. The van der Waals surface area contributed by atoms with E-state index in [0.29, 0.717) is 5.92 Å². The Bertz CT molecular complexity index is 135. The van der Waals surface area contributed by atoms with Crippen LogP contribution in [-0.4, -0.2) is 37.5 Å². The second-order valence-corrected chi connectivity index (χ2v) is 4.16. The van der Waals surface area contributed by atoms with Gasteiger partial charge in [-0.2, -0.15) is 0 Å². The Kier molecular flexibility index (Phi) is 6.15. The fraction of sp³-hybridized carbons (Fsp3) is 1.00. The van der Waals surface area contributed by atoms with Gasteiger partial charge in [0.1, 0.15) is 0 Å². The number of unbranched alkanes of at least 4 members (excludes halogenated alkanes) is 1. The maximum atomic E-state index is 9.07. The summed E-state index contributed by atoms with van der Waals surface area (Å²) in [7, 11) is 0. The highest BCUT2D eigenvalue weighted by atomic mass is 16.5. The minimum atomic E-state index is -0.0254. The molecule has 0 heterocycles. The number of aliphatic hydroxyl groups is 1. The molecule has 3 heteroatoms. The number of aliphatic hydroxyl groups excluding tert-OH is 1. The topological polar surface area (TPSA) is 41.5 Å². The third-order valence-electron chi connectivity index (χ3n) is 2.71. The lowest BCUT2D eigenvalue weighted by Gasteiger charge is -2.31. The molecule has 1 aliphatic carbocycles. The molecule has 0 aromatic rings. The van der Waals surface area contributed by atoms with Crippen molar-refractivity contribution in [2.45, 2.75) is 38.7 Å². The molecule has 3 nitrogen and oxygen atoms in total. The van der Waals surface area contributed by atoms with Crippen LogP contribution >= 0.6 is 0 Å². The molecule has 84 valence electrons. The first-order chi connectivity index (χ1) is 6.83. The maximum Gasteiger partial charge on any atom is 0.0590 e. The molecule has 0 unspecified atom stereocenters. The zero-order valence-electron chi connectivity index (χ0n) is 9.17. The van der Waals surface area contributed by atoms with Crippen LogP contribution in [0.1, 0.15) is 32.6 Å². The van der Waals surface area contributed by atoms with Crippen molar-refractivity contribution in [1.29, 1.82) is 0 Å². The molecule has 1 fully saturated rings. The average molecular weight is 201 g/mol. The van der Waals surface area contributed by atoms with Gasteiger partial charge in [-0.1, -0.05) is 13.3 Å². The number of nitrogens with one attached hydrogen (secondary N) is 1. The lowest BCUT2D eigenvalue weighted by Crippen LogP contribution is -2.37. The Balaban J connectivity index is 1.72. The maximum absolute atomic E-state index is 9.07. The monoisotopic (exact) mass is 201 g/mol. The molecule has 0 aromatic carbocycles. The van der Waals surface area contributed by atoms with E-state index >= 15 is 0 Å². The number of rotatable bonds is 8. The summed E-state index contributed by atoms with van der Waals surface area (Å²) >= 11 is 0. The molecular weight excluding hydrogens is 178 g/mol. The lowest BCUT2D eigenvalue weighted by atomic mass is 9.82. The van der Waals surface area contributed by atoms with Crippen molar-refractivity contribution in [3.8, 4) is 0 Å². The molecular formula is C11H23NO2. The van der Waals surface area contributed by atoms with Gasteiger partial charge in [0.15, 0.2) is 0 Å². The van der Waals surface area contributed by atoms with Crippen molar-refractivity contribution >= 4 is 0 Å². The predicted molar refractivity (Wildman–Crippen MR) is 57.3 cm³/mol. The minimum Gasteiger partial charge on any atom is -0.393 e. The Morgan fingerprint density at radius 2 is 2.14 bits per heavy atom. The van der Waals surface area contributed by atoms with Crippen LogP contribution in [0.3, 0.4) is 0 Å². The van der Waals surface area contributed by atoms with Crippen LogP contribution in [0.5, 0.6) is 0 Å². The second-order valence-electron chi connectivity index (χ2n) is 4.16. The molecule has 0 amide bonds. The van der Waals surface area contributed by atoms with E-state index in [4.69, 9.17) is 9.84 Å². The van der Waals surface area contributed by atoms with Crippen molar-refractivity contribution in [1.82, 2.24) is 5.32 Å². The van der Waals surface area contributed by atoms with E-state index in [1.807, 2.05) is 0 Å². The van der Waals surface area contributed by atoms with Gasteiger partial charge in [-0.25, -0.2) is 0 Å².